The van der Waals surface area contributed by atoms with Crippen molar-refractivity contribution in [3.63, 3.8) is 0 Å². The fraction of sp³-hybridized carbons (Fsp3) is 0.480. The molecule has 2 aliphatic rings. The number of aliphatic hydroxyl groups is 1. The highest BCUT2D eigenvalue weighted by atomic mass is 35.5. The number of hydrogen-bond acceptors (Lipinski definition) is 5. The molecule has 2 aromatic heterocycles. The summed E-state index contributed by atoms with van der Waals surface area (Å²) >= 11 is 5.83. The van der Waals surface area contributed by atoms with E-state index in [1.807, 2.05) is 0 Å². The maximum Gasteiger partial charge on any atom is 0.435 e. The number of nitrogens with one attached hydrogen (secondary N) is 2. The summed E-state index contributed by atoms with van der Waals surface area (Å²) in [6.07, 6.45) is -0.505. The Morgan fingerprint density at radius 1 is 1.21 bits per heavy atom. The van der Waals surface area contributed by atoms with Gasteiger partial charge in [0.15, 0.2) is 5.69 Å². The molecule has 1 aromatic carbocycles. The van der Waals surface area contributed by atoms with E-state index in [-0.39, 0.29) is 41.0 Å². The minimum atomic E-state index is -4.54. The summed E-state index contributed by atoms with van der Waals surface area (Å²) in [7, 11) is 3.15. The van der Waals surface area contributed by atoms with Crippen LogP contribution in [0, 0.1) is 17.7 Å². The van der Waals surface area contributed by atoms with Gasteiger partial charge in [-0.15, -0.1) is 0 Å². The average molecular weight is 555 g/mol. The first-order valence-corrected chi connectivity index (χ1v) is 12.6. The summed E-state index contributed by atoms with van der Waals surface area (Å²) in [4.78, 5) is 17.6. The molecule has 5 rings (SSSR count). The van der Waals surface area contributed by atoms with Crippen molar-refractivity contribution in [2.75, 3.05) is 17.2 Å². The molecule has 2 fully saturated rings. The lowest BCUT2D eigenvalue weighted by Gasteiger charge is -2.25. The lowest BCUT2D eigenvalue weighted by Crippen LogP contribution is -2.35. The van der Waals surface area contributed by atoms with Crippen LogP contribution in [0.15, 0.2) is 30.6 Å². The van der Waals surface area contributed by atoms with Crippen molar-refractivity contribution in [1.82, 2.24) is 19.3 Å². The number of imidazole rings is 1. The highest BCUT2D eigenvalue weighted by Gasteiger charge is 2.50. The molecule has 3 N–H and O–H groups in total. The fourth-order valence-electron chi connectivity index (χ4n) is 5.95. The number of amides is 1. The monoisotopic (exact) mass is 554 g/mol. The minimum Gasteiger partial charge on any atom is -0.388 e. The number of alkyl halides is 3. The molecule has 8 nitrogen and oxygen atoms in total. The molecule has 13 heteroatoms. The largest absolute Gasteiger partial charge is 0.435 e. The first-order chi connectivity index (χ1) is 17.8. The van der Waals surface area contributed by atoms with Crippen LogP contribution in [0.5, 0.6) is 0 Å². The van der Waals surface area contributed by atoms with Gasteiger partial charge in [0.2, 0.25) is 0 Å². The summed E-state index contributed by atoms with van der Waals surface area (Å²) in [5.41, 5.74) is -0.605. The summed E-state index contributed by atoms with van der Waals surface area (Å²) in [6, 6.07) is 4.89. The number of rotatable bonds is 6. The Morgan fingerprint density at radius 3 is 2.50 bits per heavy atom. The summed E-state index contributed by atoms with van der Waals surface area (Å²) < 4.78 is 55.1. The number of aryl methyl sites for hydroxylation is 2. The van der Waals surface area contributed by atoms with Gasteiger partial charge in [-0.2, -0.15) is 18.3 Å². The van der Waals surface area contributed by atoms with Crippen LogP contribution in [-0.4, -0.2) is 42.5 Å². The molecule has 2 saturated carbocycles. The van der Waals surface area contributed by atoms with Gasteiger partial charge in [-0.1, -0.05) is 11.6 Å². The normalized spacial score (nSPS) is 25.0. The van der Waals surface area contributed by atoms with Crippen LogP contribution < -0.4 is 10.6 Å². The summed E-state index contributed by atoms with van der Waals surface area (Å²) in [5, 5.41) is 20.3. The molecule has 2 unspecified atom stereocenters. The number of anilines is 2. The second kappa shape index (κ2) is 9.57. The first kappa shape index (κ1) is 26.5. The van der Waals surface area contributed by atoms with Crippen molar-refractivity contribution in [2.24, 2.45) is 25.9 Å². The summed E-state index contributed by atoms with van der Waals surface area (Å²) in [5.74, 6) is -0.365. The number of aromatic nitrogens is 4. The standard InChI is InChI=1S/C25H27ClF4N6O2/c1-35-12-32-21(22(35)23(37)33-16-3-4-18(27)17(26)7-16)13-5-14-9-24(38,10-15(14)6-13)11-31-20-8-19(25(28,29)30)34-36(20)2/h3-4,7-8,12-15,31,38H,5-6,9-11H2,1-2H3,(H,33,37). The highest BCUT2D eigenvalue weighted by molar-refractivity contribution is 6.31. The number of benzene rings is 1. The third-order valence-electron chi connectivity index (χ3n) is 7.64. The van der Waals surface area contributed by atoms with E-state index < -0.39 is 23.3 Å². The van der Waals surface area contributed by atoms with Crippen LogP contribution in [0.1, 0.15) is 53.5 Å². The number of carbonyl (C=O) groups is 1. The van der Waals surface area contributed by atoms with E-state index >= 15 is 0 Å². The van der Waals surface area contributed by atoms with Gasteiger partial charge < -0.3 is 20.3 Å². The summed E-state index contributed by atoms with van der Waals surface area (Å²) in [6.45, 7) is 0.110. The van der Waals surface area contributed by atoms with Crippen LogP contribution in [-0.2, 0) is 20.3 Å². The van der Waals surface area contributed by atoms with Crippen LogP contribution in [0.4, 0.5) is 29.1 Å². The van der Waals surface area contributed by atoms with Gasteiger partial charge in [0.05, 0.1) is 22.6 Å². The molecule has 0 radical (unpaired) electrons. The molecular formula is C25H27ClF4N6O2. The van der Waals surface area contributed by atoms with Crippen LogP contribution >= 0.6 is 11.6 Å². The number of fused-ring (bicyclic) bond motifs is 1. The van der Waals surface area contributed by atoms with E-state index in [1.54, 1.807) is 17.9 Å². The SMILES string of the molecule is Cn1cnc(C2CC3CC(O)(CNc4cc(C(F)(F)F)nn4C)CC3C2)c1C(=O)Nc1ccc(F)c(Cl)c1. The van der Waals surface area contributed by atoms with E-state index in [2.05, 4.69) is 20.7 Å². The molecule has 0 saturated heterocycles. The van der Waals surface area contributed by atoms with Crippen molar-refractivity contribution in [1.29, 1.82) is 0 Å². The lowest BCUT2D eigenvalue weighted by atomic mass is 9.92. The molecule has 2 aliphatic carbocycles. The highest BCUT2D eigenvalue weighted by Crippen LogP contribution is 2.54. The quantitative estimate of drug-likeness (QED) is 0.374. The van der Waals surface area contributed by atoms with Crippen molar-refractivity contribution in [3.05, 3.63) is 58.5 Å². The fourth-order valence-corrected chi connectivity index (χ4v) is 6.13. The van der Waals surface area contributed by atoms with Gasteiger partial charge in [0.1, 0.15) is 17.3 Å². The Morgan fingerprint density at radius 2 is 1.89 bits per heavy atom. The second-order valence-corrected chi connectivity index (χ2v) is 10.8. The zero-order valence-corrected chi connectivity index (χ0v) is 21.4. The predicted molar refractivity (Wildman–Crippen MR) is 132 cm³/mol. The van der Waals surface area contributed by atoms with E-state index in [0.717, 1.165) is 23.6 Å². The Labute approximate surface area is 221 Å². The smallest absolute Gasteiger partial charge is 0.388 e. The molecule has 2 atom stereocenters. The van der Waals surface area contributed by atoms with Gasteiger partial charge in [0, 0.05) is 38.3 Å². The molecular weight excluding hydrogens is 528 g/mol. The molecule has 2 heterocycles. The topological polar surface area (TPSA) is 97.0 Å². The third kappa shape index (κ3) is 5.11. The zero-order valence-electron chi connectivity index (χ0n) is 20.7. The van der Waals surface area contributed by atoms with Crippen molar-refractivity contribution < 1.29 is 27.5 Å². The maximum absolute atomic E-state index is 13.5. The van der Waals surface area contributed by atoms with Crippen LogP contribution in [0.25, 0.3) is 0 Å². The Bertz CT molecular complexity index is 1360. The van der Waals surface area contributed by atoms with Gasteiger partial charge in [-0.3, -0.25) is 9.48 Å². The Kier molecular flexibility index (Phi) is 6.67. The molecule has 0 spiro atoms. The van der Waals surface area contributed by atoms with Crippen LogP contribution in [0.3, 0.4) is 0 Å². The number of hydrogen-bond donors (Lipinski definition) is 3. The average Bonchev–Trinajstić information content (AvgIpc) is 3.56. The maximum atomic E-state index is 13.5. The number of halogens is 5. The predicted octanol–water partition coefficient (Wildman–Crippen LogP) is 4.96. The minimum absolute atomic E-state index is 0.0210. The number of nitrogens with zero attached hydrogens (tertiary/aromatic N) is 4. The van der Waals surface area contributed by atoms with Gasteiger partial charge >= 0.3 is 6.18 Å². The van der Waals surface area contributed by atoms with Crippen molar-refractivity contribution >= 4 is 29.0 Å². The molecule has 1 amide bonds. The first-order valence-electron chi connectivity index (χ1n) is 12.2. The van der Waals surface area contributed by atoms with Crippen LogP contribution in [0.2, 0.25) is 5.02 Å². The Balaban J connectivity index is 1.23. The van der Waals surface area contributed by atoms with Crippen molar-refractivity contribution in [2.45, 2.75) is 43.4 Å². The third-order valence-corrected chi connectivity index (χ3v) is 7.93. The second-order valence-electron chi connectivity index (χ2n) is 10.4. The van der Waals surface area contributed by atoms with Gasteiger partial charge in [-0.05, 0) is 55.7 Å². The van der Waals surface area contributed by atoms with Gasteiger partial charge in [0.25, 0.3) is 5.91 Å². The molecule has 204 valence electrons. The van der Waals surface area contributed by atoms with E-state index in [0.29, 0.717) is 29.9 Å². The zero-order chi connectivity index (χ0) is 27.4. The molecule has 3 aromatic rings. The number of carbonyl (C=O) groups excluding carboxylic acids is 1. The molecule has 0 aliphatic heterocycles. The van der Waals surface area contributed by atoms with Gasteiger partial charge in [-0.25, -0.2) is 9.37 Å². The molecule has 38 heavy (non-hydrogen) atoms. The molecule has 0 bridgehead atoms. The van der Waals surface area contributed by atoms with E-state index in [1.165, 1.54) is 25.2 Å². The van der Waals surface area contributed by atoms with E-state index in [4.69, 9.17) is 11.6 Å². The van der Waals surface area contributed by atoms with Crippen molar-refractivity contribution in [3.8, 4) is 0 Å². The Hall–Kier alpha value is -3.12. The lowest BCUT2D eigenvalue weighted by molar-refractivity contribution is -0.141. The van der Waals surface area contributed by atoms with E-state index in [9.17, 15) is 27.5 Å².